The number of rotatable bonds is 7. The van der Waals surface area contributed by atoms with E-state index < -0.39 is 37.3 Å². The maximum absolute atomic E-state index is 10.5. The predicted molar refractivity (Wildman–Crippen MR) is 68.2 cm³/mol. The van der Waals surface area contributed by atoms with E-state index in [0.29, 0.717) is 0 Å². The van der Waals surface area contributed by atoms with Gasteiger partial charge in [-0.1, -0.05) is 24.3 Å². The van der Waals surface area contributed by atoms with Crippen molar-refractivity contribution >= 4 is 5.78 Å². The van der Waals surface area contributed by atoms with Crippen molar-refractivity contribution in [2.45, 2.75) is 25.2 Å². The maximum Gasteiger partial charge on any atom is 0.189 e. The highest BCUT2D eigenvalue weighted by molar-refractivity contribution is 5.84. The first-order chi connectivity index (χ1) is 8.95. The van der Waals surface area contributed by atoms with Crippen LogP contribution in [0.1, 0.15) is 6.92 Å². The third-order valence-electron chi connectivity index (χ3n) is 1.94. The molecule has 3 atom stereocenters. The molecule has 0 radical (unpaired) electrons. The second kappa shape index (κ2) is 13.3. The molecule has 112 valence electrons. The van der Waals surface area contributed by atoms with Crippen molar-refractivity contribution in [2.75, 3.05) is 19.8 Å². The number of aliphatic hydroxyl groups is 6. The number of ketones is 1. The molecule has 0 amide bonds. The lowest BCUT2D eigenvalue weighted by atomic mass is 10.1. The van der Waals surface area contributed by atoms with E-state index in [9.17, 15) is 4.79 Å². The Hall–Kier alpha value is -1.09. The van der Waals surface area contributed by atoms with E-state index in [0.717, 1.165) is 0 Å². The Kier molecular flexibility index (Phi) is 14.2. The van der Waals surface area contributed by atoms with Crippen LogP contribution in [0.5, 0.6) is 0 Å². The average Bonchev–Trinajstić information content (AvgIpc) is 2.45. The monoisotopic (exact) mass is 278 g/mol. The van der Waals surface area contributed by atoms with Crippen LogP contribution in [0.4, 0.5) is 0 Å². The largest absolute Gasteiger partial charge is 0.394 e. The minimum atomic E-state index is -1.86. The summed E-state index contributed by atoms with van der Waals surface area (Å²) >= 11 is 0. The molecule has 0 fully saturated rings. The van der Waals surface area contributed by atoms with Gasteiger partial charge in [0, 0.05) is 0 Å². The third-order valence-corrected chi connectivity index (χ3v) is 1.94. The van der Waals surface area contributed by atoms with Gasteiger partial charge in [-0.3, -0.25) is 4.79 Å². The fraction of sp³-hybridized carbons (Fsp3) is 0.583. The molecule has 0 aliphatic carbocycles. The number of aliphatic hydroxyl groups excluding tert-OH is 6. The van der Waals surface area contributed by atoms with E-state index in [1.165, 1.54) is 0 Å². The highest BCUT2D eigenvalue weighted by Gasteiger charge is 2.28. The number of hydrogen-bond donors (Lipinski definition) is 6. The molecule has 7 nitrogen and oxygen atoms in total. The van der Waals surface area contributed by atoms with Gasteiger partial charge in [0.25, 0.3) is 0 Å². The van der Waals surface area contributed by atoms with E-state index in [1.807, 2.05) is 19.1 Å². The van der Waals surface area contributed by atoms with E-state index in [4.69, 9.17) is 30.6 Å². The first-order valence-corrected chi connectivity index (χ1v) is 5.63. The number of hydrogen-bond acceptors (Lipinski definition) is 7. The Morgan fingerprint density at radius 2 is 1.68 bits per heavy atom. The van der Waals surface area contributed by atoms with Gasteiger partial charge in [0.15, 0.2) is 5.78 Å². The fourth-order valence-corrected chi connectivity index (χ4v) is 0.853. The minimum absolute atomic E-state index is 0.129. The van der Waals surface area contributed by atoms with Gasteiger partial charge in [-0.05, 0) is 6.92 Å². The molecule has 0 aliphatic heterocycles. The van der Waals surface area contributed by atoms with Crippen LogP contribution < -0.4 is 0 Å². The van der Waals surface area contributed by atoms with Gasteiger partial charge >= 0.3 is 0 Å². The van der Waals surface area contributed by atoms with Crippen molar-refractivity contribution in [1.29, 1.82) is 0 Å². The molecule has 19 heavy (non-hydrogen) atoms. The molecule has 0 saturated heterocycles. The smallest absolute Gasteiger partial charge is 0.189 e. The summed E-state index contributed by atoms with van der Waals surface area (Å²) in [5.74, 6) is -1.00. The predicted octanol–water partition coefficient (Wildman–Crippen LogP) is -2.27. The van der Waals surface area contributed by atoms with Gasteiger partial charge < -0.3 is 30.6 Å². The van der Waals surface area contributed by atoms with Crippen LogP contribution in [-0.4, -0.2) is 74.6 Å². The van der Waals surface area contributed by atoms with E-state index >= 15 is 0 Å². The zero-order valence-corrected chi connectivity index (χ0v) is 10.8. The molecule has 0 saturated carbocycles. The van der Waals surface area contributed by atoms with Gasteiger partial charge in [0.2, 0.25) is 0 Å². The van der Waals surface area contributed by atoms with E-state index in [-0.39, 0.29) is 6.61 Å². The molecule has 0 bridgehead atoms. The molecule has 3 unspecified atom stereocenters. The summed E-state index contributed by atoms with van der Waals surface area (Å²) in [7, 11) is 0. The van der Waals surface area contributed by atoms with Gasteiger partial charge in [-0.25, -0.2) is 0 Å². The second-order valence-corrected chi connectivity index (χ2v) is 3.45. The van der Waals surface area contributed by atoms with Gasteiger partial charge in [0.1, 0.15) is 24.9 Å². The summed E-state index contributed by atoms with van der Waals surface area (Å²) in [6.07, 6.45) is 2.05. The molecular weight excluding hydrogens is 256 g/mol. The summed E-state index contributed by atoms with van der Waals surface area (Å²) in [5.41, 5.74) is 0. The molecule has 0 spiro atoms. The van der Waals surface area contributed by atoms with E-state index in [2.05, 4.69) is 0 Å². The molecule has 0 aromatic heterocycles. The van der Waals surface area contributed by atoms with Gasteiger partial charge in [-0.15, -0.1) is 0 Å². The number of Topliss-reactive ketones (excluding diaryl/α,β-unsaturated/α-hetero) is 1. The summed E-state index contributed by atoms with van der Waals surface area (Å²) in [4.78, 5) is 10.5. The zero-order chi connectivity index (χ0) is 15.3. The van der Waals surface area contributed by atoms with Crippen molar-refractivity contribution in [3.8, 4) is 0 Å². The Balaban J connectivity index is 0. The third kappa shape index (κ3) is 10.5. The summed E-state index contributed by atoms with van der Waals surface area (Å²) < 4.78 is 0. The fourth-order valence-electron chi connectivity index (χ4n) is 0.853. The van der Waals surface area contributed by atoms with Crippen LogP contribution in [-0.2, 0) is 4.79 Å². The first-order valence-electron chi connectivity index (χ1n) is 5.63. The number of carbonyl (C=O) groups excluding carboxylic acids is 1. The first kappa shape index (κ1) is 20.2. The van der Waals surface area contributed by atoms with Crippen molar-refractivity contribution in [3.63, 3.8) is 0 Å². The van der Waals surface area contributed by atoms with Crippen molar-refractivity contribution in [3.05, 3.63) is 24.3 Å². The standard InChI is InChI=1S/C6H12O6.C6H10O/c7-1-3(9)5(11)6(12)4(10)2-8;1-2-3-4-5-6-7/h3,5-9,11-12H,1-2H2;2-5,7H,6H2,1H3/b;3-2+,5-4+. The Morgan fingerprint density at radius 3 is 2.05 bits per heavy atom. The summed E-state index contributed by atoms with van der Waals surface area (Å²) in [6.45, 7) is 0.374. The van der Waals surface area contributed by atoms with Crippen molar-refractivity contribution < 1.29 is 35.4 Å². The molecule has 0 heterocycles. The topological polar surface area (TPSA) is 138 Å². The Bertz CT molecular complexity index is 275. The molecular formula is C12H22O7. The normalized spacial score (nSPS) is 15.9. The molecule has 0 aliphatic rings. The molecule has 6 N–H and O–H groups in total. The Labute approximate surface area is 111 Å². The van der Waals surface area contributed by atoms with Gasteiger partial charge in [-0.2, -0.15) is 0 Å². The lowest BCUT2D eigenvalue weighted by Gasteiger charge is -2.19. The average molecular weight is 278 g/mol. The lowest BCUT2D eigenvalue weighted by Crippen LogP contribution is -2.44. The highest BCUT2D eigenvalue weighted by Crippen LogP contribution is 2.00. The SMILES string of the molecule is C/C=C/C=C/CO.O=C(CO)C(O)C(O)C(O)CO. The summed E-state index contributed by atoms with van der Waals surface area (Å²) in [6, 6.07) is 0. The Morgan fingerprint density at radius 1 is 1.11 bits per heavy atom. The minimum Gasteiger partial charge on any atom is -0.394 e. The van der Waals surface area contributed by atoms with Crippen LogP contribution in [0.3, 0.4) is 0 Å². The van der Waals surface area contributed by atoms with Crippen LogP contribution in [0.2, 0.25) is 0 Å². The lowest BCUT2D eigenvalue weighted by molar-refractivity contribution is -0.142. The zero-order valence-electron chi connectivity index (χ0n) is 10.8. The van der Waals surface area contributed by atoms with Gasteiger partial charge in [0.05, 0.1) is 13.2 Å². The van der Waals surface area contributed by atoms with Crippen LogP contribution in [0, 0.1) is 0 Å². The van der Waals surface area contributed by atoms with Crippen molar-refractivity contribution in [2.24, 2.45) is 0 Å². The maximum atomic E-state index is 10.5. The number of carbonyl (C=O) groups is 1. The van der Waals surface area contributed by atoms with Crippen LogP contribution in [0.15, 0.2) is 24.3 Å². The number of allylic oxidation sites excluding steroid dienone is 3. The van der Waals surface area contributed by atoms with Crippen LogP contribution >= 0.6 is 0 Å². The molecule has 7 heteroatoms. The quantitative estimate of drug-likeness (QED) is 0.289. The second-order valence-electron chi connectivity index (χ2n) is 3.45. The van der Waals surface area contributed by atoms with Crippen LogP contribution in [0.25, 0.3) is 0 Å². The highest BCUT2D eigenvalue weighted by atomic mass is 16.4. The molecule has 0 aromatic carbocycles. The summed E-state index contributed by atoms with van der Waals surface area (Å²) in [5, 5.41) is 51.2. The molecule has 0 rings (SSSR count). The van der Waals surface area contributed by atoms with Crippen molar-refractivity contribution in [1.82, 2.24) is 0 Å². The van der Waals surface area contributed by atoms with E-state index in [1.54, 1.807) is 12.2 Å². The molecule has 0 aromatic rings.